The van der Waals surface area contributed by atoms with Crippen molar-refractivity contribution in [2.75, 3.05) is 0 Å². The van der Waals surface area contributed by atoms with Gasteiger partial charge in [0.1, 0.15) is 5.78 Å². The first-order valence-corrected chi connectivity index (χ1v) is 7.93. The number of carbonyl (C=O) groups is 1. The van der Waals surface area contributed by atoms with E-state index in [1.807, 2.05) is 0 Å². The molecule has 2 aromatic rings. The van der Waals surface area contributed by atoms with Gasteiger partial charge < -0.3 is 0 Å². The number of Topliss-reactive ketones (excluding diaryl/α,β-unsaturated/α-hetero) is 1. The highest BCUT2D eigenvalue weighted by Gasteiger charge is 2.24. The standard InChI is InChI=1S/C20H22O/c1-2-15-7-9-16(10-8-15)13-20(21)19-12-11-17-5-3-4-6-18(17)14-19/h3-10,19H,2,11-14H2,1H3. The Hall–Kier alpha value is -1.89. The zero-order chi connectivity index (χ0) is 14.7. The summed E-state index contributed by atoms with van der Waals surface area (Å²) in [5.41, 5.74) is 5.27. The summed E-state index contributed by atoms with van der Waals surface area (Å²) in [6.45, 7) is 2.15. The van der Waals surface area contributed by atoms with Crippen LogP contribution in [0.15, 0.2) is 48.5 Å². The SMILES string of the molecule is CCc1ccc(CC(=O)C2CCc3ccccc3C2)cc1. The van der Waals surface area contributed by atoms with E-state index in [0.717, 1.165) is 31.2 Å². The molecule has 0 saturated heterocycles. The van der Waals surface area contributed by atoms with Crippen LogP contribution in [0.4, 0.5) is 0 Å². The van der Waals surface area contributed by atoms with Crippen LogP contribution in [0.5, 0.6) is 0 Å². The highest BCUT2D eigenvalue weighted by Crippen LogP contribution is 2.26. The first kappa shape index (κ1) is 14.1. The Morgan fingerprint density at radius 2 is 1.67 bits per heavy atom. The van der Waals surface area contributed by atoms with E-state index >= 15 is 0 Å². The van der Waals surface area contributed by atoms with Crippen molar-refractivity contribution in [3.05, 3.63) is 70.8 Å². The largest absolute Gasteiger partial charge is 0.299 e. The molecule has 0 bridgehead atoms. The van der Waals surface area contributed by atoms with Crippen LogP contribution in [0.3, 0.4) is 0 Å². The lowest BCUT2D eigenvalue weighted by Gasteiger charge is -2.23. The molecule has 0 radical (unpaired) electrons. The number of hydrogen-bond acceptors (Lipinski definition) is 1. The van der Waals surface area contributed by atoms with Crippen LogP contribution in [0.2, 0.25) is 0 Å². The molecule has 108 valence electrons. The van der Waals surface area contributed by atoms with Crippen molar-refractivity contribution >= 4 is 5.78 Å². The van der Waals surface area contributed by atoms with Gasteiger partial charge in [0.15, 0.2) is 0 Å². The fraction of sp³-hybridized carbons (Fsp3) is 0.350. The van der Waals surface area contributed by atoms with Gasteiger partial charge in [0.25, 0.3) is 0 Å². The van der Waals surface area contributed by atoms with Crippen molar-refractivity contribution in [1.29, 1.82) is 0 Å². The smallest absolute Gasteiger partial charge is 0.140 e. The zero-order valence-electron chi connectivity index (χ0n) is 12.6. The normalized spacial score (nSPS) is 17.3. The average Bonchev–Trinajstić information content (AvgIpc) is 2.55. The Morgan fingerprint density at radius 3 is 2.38 bits per heavy atom. The van der Waals surface area contributed by atoms with Crippen molar-refractivity contribution in [3.63, 3.8) is 0 Å². The molecule has 1 atom stereocenters. The molecule has 0 aliphatic heterocycles. The average molecular weight is 278 g/mol. The first-order chi connectivity index (χ1) is 10.3. The molecule has 0 saturated carbocycles. The third-order valence-corrected chi connectivity index (χ3v) is 4.61. The highest BCUT2D eigenvalue weighted by atomic mass is 16.1. The van der Waals surface area contributed by atoms with Gasteiger partial charge in [-0.15, -0.1) is 0 Å². The van der Waals surface area contributed by atoms with Crippen molar-refractivity contribution < 1.29 is 4.79 Å². The van der Waals surface area contributed by atoms with E-state index in [2.05, 4.69) is 55.5 Å². The molecule has 1 aliphatic carbocycles. The Labute approximate surface area is 127 Å². The van der Waals surface area contributed by atoms with Crippen molar-refractivity contribution in [1.82, 2.24) is 0 Å². The first-order valence-electron chi connectivity index (χ1n) is 7.93. The fourth-order valence-electron chi connectivity index (χ4n) is 3.21. The van der Waals surface area contributed by atoms with Gasteiger partial charge in [0.05, 0.1) is 0 Å². The van der Waals surface area contributed by atoms with Gasteiger partial charge in [-0.1, -0.05) is 55.5 Å². The lowest BCUT2D eigenvalue weighted by atomic mass is 9.80. The summed E-state index contributed by atoms with van der Waals surface area (Å²) in [6, 6.07) is 17.0. The predicted octanol–water partition coefficient (Wildman–Crippen LogP) is 4.17. The number of carbonyl (C=O) groups excluding carboxylic acids is 1. The minimum atomic E-state index is 0.200. The van der Waals surface area contributed by atoms with E-state index in [9.17, 15) is 4.79 Å². The molecule has 3 rings (SSSR count). The summed E-state index contributed by atoms with van der Waals surface area (Å²) < 4.78 is 0. The lowest BCUT2D eigenvalue weighted by molar-refractivity contribution is -0.122. The topological polar surface area (TPSA) is 17.1 Å². The van der Waals surface area contributed by atoms with Crippen molar-refractivity contribution in [2.24, 2.45) is 5.92 Å². The van der Waals surface area contributed by atoms with Gasteiger partial charge in [-0.3, -0.25) is 4.79 Å². The van der Waals surface area contributed by atoms with Crippen LogP contribution in [0.1, 0.15) is 35.6 Å². The molecule has 1 nitrogen and oxygen atoms in total. The maximum atomic E-state index is 12.5. The molecule has 0 N–H and O–H groups in total. The molecule has 0 heterocycles. The van der Waals surface area contributed by atoms with E-state index in [-0.39, 0.29) is 5.92 Å². The third kappa shape index (κ3) is 3.24. The van der Waals surface area contributed by atoms with Gasteiger partial charge in [-0.05, 0) is 47.9 Å². The maximum Gasteiger partial charge on any atom is 0.140 e. The molecule has 2 aromatic carbocycles. The number of fused-ring (bicyclic) bond motifs is 1. The highest BCUT2D eigenvalue weighted by molar-refractivity contribution is 5.83. The quantitative estimate of drug-likeness (QED) is 0.820. The van der Waals surface area contributed by atoms with E-state index in [1.54, 1.807) is 0 Å². The Morgan fingerprint density at radius 1 is 1.00 bits per heavy atom. The molecule has 0 aromatic heterocycles. The summed E-state index contributed by atoms with van der Waals surface area (Å²) >= 11 is 0. The van der Waals surface area contributed by atoms with Gasteiger partial charge in [0.2, 0.25) is 0 Å². The molecule has 21 heavy (non-hydrogen) atoms. The molecule has 1 unspecified atom stereocenters. The summed E-state index contributed by atoms with van der Waals surface area (Å²) in [6.07, 6.45) is 4.59. The lowest BCUT2D eigenvalue weighted by Crippen LogP contribution is -2.24. The van der Waals surface area contributed by atoms with Crippen molar-refractivity contribution in [3.8, 4) is 0 Å². The van der Waals surface area contributed by atoms with Crippen molar-refractivity contribution in [2.45, 2.75) is 39.0 Å². The minimum absolute atomic E-state index is 0.200. The molecule has 1 heteroatoms. The van der Waals surface area contributed by atoms with Crippen LogP contribution >= 0.6 is 0 Å². The second-order valence-corrected chi connectivity index (χ2v) is 6.02. The van der Waals surface area contributed by atoms with Gasteiger partial charge >= 0.3 is 0 Å². The summed E-state index contributed by atoms with van der Waals surface area (Å²) in [4.78, 5) is 12.5. The van der Waals surface area contributed by atoms with E-state index < -0.39 is 0 Å². The van der Waals surface area contributed by atoms with E-state index in [4.69, 9.17) is 0 Å². The van der Waals surface area contributed by atoms with Crippen LogP contribution in [-0.4, -0.2) is 5.78 Å². The zero-order valence-corrected chi connectivity index (χ0v) is 12.6. The number of hydrogen-bond donors (Lipinski definition) is 0. The molecular formula is C20H22O. The number of rotatable bonds is 4. The number of ketones is 1. The monoisotopic (exact) mass is 278 g/mol. The molecule has 0 spiro atoms. The Kier molecular flexibility index (Phi) is 4.19. The molecule has 1 aliphatic rings. The maximum absolute atomic E-state index is 12.5. The Bertz CT molecular complexity index is 625. The fourth-order valence-corrected chi connectivity index (χ4v) is 3.21. The minimum Gasteiger partial charge on any atom is -0.299 e. The predicted molar refractivity (Wildman–Crippen MR) is 86.5 cm³/mol. The molecule has 0 amide bonds. The van der Waals surface area contributed by atoms with Gasteiger partial charge in [-0.2, -0.15) is 0 Å². The molecular weight excluding hydrogens is 256 g/mol. The number of aryl methyl sites for hydroxylation is 2. The second-order valence-electron chi connectivity index (χ2n) is 6.02. The van der Waals surface area contributed by atoms with Crippen LogP contribution in [0, 0.1) is 5.92 Å². The van der Waals surface area contributed by atoms with E-state index in [0.29, 0.717) is 12.2 Å². The van der Waals surface area contributed by atoms with Gasteiger partial charge in [-0.25, -0.2) is 0 Å². The summed E-state index contributed by atoms with van der Waals surface area (Å²) in [7, 11) is 0. The van der Waals surface area contributed by atoms with Crippen LogP contribution in [-0.2, 0) is 30.5 Å². The summed E-state index contributed by atoms with van der Waals surface area (Å²) in [5.74, 6) is 0.597. The van der Waals surface area contributed by atoms with E-state index in [1.165, 1.54) is 16.7 Å². The Balaban J connectivity index is 1.66. The van der Waals surface area contributed by atoms with Gasteiger partial charge in [0, 0.05) is 12.3 Å². The van der Waals surface area contributed by atoms with Crippen LogP contribution in [0.25, 0.3) is 0 Å². The number of benzene rings is 2. The third-order valence-electron chi connectivity index (χ3n) is 4.61. The second kappa shape index (κ2) is 6.26. The van der Waals surface area contributed by atoms with Crippen LogP contribution < -0.4 is 0 Å². The molecule has 0 fully saturated rings. The summed E-state index contributed by atoms with van der Waals surface area (Å²) in [5, 5.41) is 0.